The van der Waals surface area contributed by atoms with E-state index < -0.39 is 47.9 Å². The molecule has 51 heavy (non-hydrogen) atoms. The van der Waals surface area contributed by atoms with Crippen molar-refractivity contribution in [2.24, 2.45) is 0 Å². The van der Waals surface area contributed by atoms with Gasteiger partial charge in [0.15, 0.2) is 12.2 Å². The van der Waals surface area contributed by atoms with E-state index in [9.17, 15) is 19.7 Å². The van der Waals surface area contributed by atoms with Gasteiger partial charge in [-0.2, -0.15) is 10.2 Å². The second-order valence-electron chi connectivity index (χ2n) is 11.5. The van der Waals surface area contributed by atoms with Gasteiger partial charge < -0.3 is 33.3 Å². The summed E-state index contributed by atoms with van der Waals surface area (Å²) in [6.45, 7) is 3.66. The molecule has 7 rings (SSSR count). The first-order chi connectivity index (χ1) is 24.8. The molecular formula is C33H31N7O11. The molecule has 0 unspecified atom stereocenters. The van der Waals surface area contributed by atoms with E-state index in [0.29, 0.717) is 36.0 Å². The number of para-hydroxylation sites is 1. The number of aromatic amines is 1. The highest BCUT2D eigenvalue weighted by Gasteiger charge is 2.51. The average Bonchev–Trinajstić information content (AvgIpc) is 3.92. The van der Waals surface area contributed by atoms with Gasteiger partial charge >= 0.3 is 12.1 Å². The summed E-state index contributed by atoms with van der Waals surface area (Å²) in [5, 5.41) is 24.2. The Kier molecular flexibility index (Phi) is 9.40. The highest BCUT2D eigenvalue weighted by Crippen LogP contribution is 2.33. The van der Waals surface area contributed by atoms with Crippen LogP contribution in [0.15, 0.2) is 66.7 Å². The van der Waals surface area contributed by atoms with Gasteiger partial charge in [0.25, 0.3) is 11.1 Å². The highest BCUT2D eigenvalue weighted by molar-refractivity contribution is 6.02. The second kappa shape index (κ2) is 14.4. The lowest BCUT2D eigenvalue weighted by atomic mass is 9.98. The normalized spacial score (nSPS) is 20.0. The van der Waals surface area contributed by atoms with Crippen molar-refractivity contribution in [1.29, 1.82) is 0 Å². The van der Waals surface area contributed by atoms with E-state index in [-0.39, 0.29) is 18.8 Å². The van der Waals surface area contributed by atoms with Gasteiger partial charge in [-0.3, -0.25) is 4.57 Å². The molecule has 0 amide bonds. The fourth-order valence-electron chi connectivity index (χ4n) is 6.15. The number of H-pyrrole nitrogens is 1. The Bertz CT molecular complexity index is 2040. The molecule has 5 atom stereocenters. The Balaban J connectivity index is 1.05. The molecule has 0 spiro atoms. The van der Waals surface area contributed by atoms with E-state index in [4.69, 9.17) is 28.4 Å². The molecule has 5 aromatic rings. The molecule has 0 radical (unpaired) electrons. The summed E-state index contributed by atoms with van der Waals surface area (Å²) in [5.74, 6) is -0.292. The van der Waals surface area contributed by atoms with Crippen LogP contribution >= 0.6 is 0 Å². The van der Waals surface area contributed by atoms with E-state index in [1.54, 1.807) is 22.8 Å². The molecule has 0 aliphatic carbocycles. The van der Waals surface area contributed by atoms with Crippen LogP contribution < -0.4 is 4.74 Å². The van der Waals surface area contributed by atoms with Crippen molar-refractivity contribution in [1.82, 2.24) is 30.2 Å². The van der Waals surface area contributed by atoms with Crippen LogP contribution in [-0.2, 0) is 35.1 Å². The minimum absolute atomic E-state index is 0.0827. The Morgan fingerprint density at radius 2 is 1.75 bits per heavy atom. The molecule has 2 fully saturated rings. The summed E-state index contributed by atoms with van der Waals surface area (Å²) in [4.78, 5) is 46.0. The molecule has 2 aliphatic rings. The number of nitrogens with zero attached hydrogens (tertiary/aromatic N) is 6. The van der Waals surface area contributed by atoms with E-state index >= 15 is 0 Å². The van der Waals surface area contributed by atoms with Crippen LogP contribution in [0.4, 0.5) is 4.79 Å². The van der Waals surface area contributed by atoms with E-state index in [1.165, 1.54) is 6.92 Å². The van der Waals surface area contributed by atoms with Crippen LogP contribution in [0.1, 0.15) is 29.8 Å². The molecule has 4 heterocycles. The molecule has 2 aliphatic heterocycles. The molecule has 0 bridgehead atoms. The molecule has 1 N–H and O–H groups in total. The fraction of sp³-hybridized carbons (Fsp3) is 0.333. The largest absolute Gasteiger partial charge is 0.511 e. The zero-order valence-electron chi connectivity index (χ0n) is 27.2. The zero-order valence-corrected chi connectivity index (χ0v) is 27.2. The van der Waals surface area contributed by atoms with Crippen LogP contribution in [0.25, 0.3) is 33.5 Å². The lowest BCUT2D eigenvalue weighted by molar-refractivity contribution is -0.769. The van der Waals surface area contributed by atoms with Crippen molar-refractivity contribution >= 4 is 23.2 Å². The van der Waals surface area contributed by atoms with E-state index in [1.807, 2.05) is 55.5 Å². The minimum Gasteiger partial charge on any atom is -0.465 e. The standard InChI is InChI=1S/C33H31N7O11/c1-3-45-32-34-24-10-6-9-23(31(41)48-18(2)49-33(42)50-25-16-46-29-26(51-40(43)44)17-47-28(25)29)27(24)39(32)15-19-11-13-20(14-12-19)21-7-4-5-8-22(21)30-35-37-38-36-30/h4-14,18,25-26,28-29H,3,15-17H2,1-2H3,(H,35,36,37,38)/t18-,25-,26+,28+,29+/m0/s1. The molecule has 264 valence electrons. The van der Waals surface area contributed by atoms with E-state index in [0.717, 1.165) is 22.3 Å². The van der Waals surface area contributed by atoms with Crippen LogP contribution in [0, 0.1) is 10.1 Å². The van der Waals surface area contributed by atoms with Crippen molar-refractivity contribution in [2.75, 3.05) is 19.8 Å². The third kappa shape index (κ3) is 6.99. The number of tetrazole rings is 1. The molecule has 0 saturated carbocycles. The average molecular weight is 702 g/mol. The predicted molar refractivity (Wildman–Crippen MR) is 173 cm³/mol. The molecule has 2 saturated heterocycles. The van der Waals surface area contributed by atoms with Crippen molar-refractivity contribution in [3.63, 3.8) is 0 Å². The van der Waals surface area contributed by atoms with Gasteiger partial charge in [0, 0.05) is 12.5 Å². The van der Waals surface area contributed by atoms with E-state index in [2.05, 4.69) is 30.4 Å². The van der Waals surface area contributed by atoms with Gasteiger partial charge in [-0.05, 0) is 41.0 Å². The lowest BCUT2D eigenvalue weighted by Gasteiger charge is -2.19. The Labute approximate surface area is 288 Å². The molecule has 18 heteroatoms. The number of aromatic nitrogens is 6. The Morgan fingerprint density at radius 3 is 2.47 bits per heavy atom. The maximum atomic E-state index is 13.5. The van der Waals surface area contributed by atoms with Crippen LogP contribution in [0.5, 0.6) is 6.01 Å². The first-order valence-corrected chi connectivity index (χ1v) is 16.0. The smallest absolute Gasteiger partial charge is 0.465 e. The monoisotopic (exact) mass is 701 g/mol. The molecule has 18 nitrogen and oxygen atoms in total. The van der Waals surface area contributed by atoms with Crippen LogP contribution in [0.2, 0.25) is 0 Å². The first-order valence-electron chi connectivity index (χ1n) is 16.0. The molecular weight excluding hydrogens is 670 g/mol. The summed E-state index contributed by atoms with van der Waals surface area (Å²) < 4.78 is 34.6. The van der Waals surface area contributed by atoms with Gasteiger partial charge in [-0.1, -0.05) is 54.6 Å². The second-order valence-corrected chi connectivity index (χ2v) is 11.5. The maximum absolute atomic E-state index is 13.5. The third-order valence-electron chi connectivity index (χ3n) is 8.31. The lowest BCUT2D eigenvalue weighted by Crippen LogP contribution is -2.36. The highest BCUT2D eigenvalue weighted by atomic mass is 17.0. The number of fused-ring (bicyclic) bond motifs is 2. The van der Waals surface area contributed by atoms with Gasteiger partial charge in [0.05, 0.1) is 43.0 Å². The van der Waals surface area contributed by atoms with Crippen LogP contribution in [0.3, 0.4) is 0 Å². The summed E-state index contributed by atoms with van der Waals surface area (Å²) in [6, 6.07) is 21.0. The number of benzene rings is 3. The fourth-order valence-corrected chi connectivity index (χ4v) is 6.15. The summed E-state index contributed by atoms with van der Waals surface area (Å²) in [7, 11) is 0. The summed E-state index contributed by atoms with van der Waals surface area (Å²) in [6.07, 6.45) is -5.90. The predicted octanol–water partition coefficient (Wildman–Crippen LogP) is 3.73. The molecule has 3 aromatic carbocycles. The molecule has 2 aromatic heterocycles. The van der Waals surface area contributed by atoms with Crippen molar-refractivity contribution in [3.8, 4) is 28.5 Å². The summed E-state index contributed by atoms with van der Waals surface area (Å²) >= 11 is 0. The summed E-state index contributed by atoms with van der Waals surface area (Å²) in [5.41, 5.74) is 4.74. The van der Waals surface area contributed by atoms with Gasteiger partial charge in [0.2, 0.25) is 12.1 Å². The Hall–Kier alpha value is -6.14. The number of ether oxygens (including phenoxy) is 6. The van der Waals surface area contributed by atoms with Crippen LogP contribution in [-0.4, -0.2) is 97.9 Å². The third-order valence-corrected chi connectivity index (χ3v) is 8.31. The number of rotatable bonds is 12. The maximum Gasteiger partial charge on any atom is 0.511 e. The first kappa shape index (κ1) is 33.4. The van der Waals surface area contributed by atoms with Gasteiger partial charge in [0.1, 0.15) is 12.2 Å². The number of carbonyl (C=O) groups is 2. The number of imidazole rings is 1. The van der Waals surface area contributed by atoms with Gasteiger partial charge in [-0.15, -0.1) is 20.3 Å². The quantitative estimate of drug-likeness (QED) is 0.0849. The van der Waals surface area contributed by atoms with Gasteiger partial charge in [-0.25, -0.2) is 9.59 Å². The number of carbonyl (C=O) groups excluding carboxylic acids is 2. The Morgan fingerprint density at radius 1 is 1.00 bits per heavy atom. The van der Waals surface area contributed by atoms with Crippen molar-refractivity contribution < 1.29 is 47.9 Å². The topological polar surface area (TPSA) is 214 Å². The number of hydrogen-bond donors (Lipinski definition) is 1. The van der Waals surface area contributed by atoms with Crippen molar-refractivity contribution in [2.45, 2.75) is 51.1 Å². The number of nitrogens with one attached hydrogen (secondary N) is 1. The number of hydrogen-bond acceptors (Lipinski definition) is 15. The zero-order chi connectivity index (χ0) is 35.5. The minimum atomic E-state index is -1.35. The number of esters is 1. The van der Waals surface area contributed by atoms with Crippen molar-refractivity contribution in [3.05, 3.63) is 88.0 Å². The SMILES string of the molecule is CCOc1nc2cccc(C(=O)O[C@H](C)OC(=O)O[C@H]3CO[C@H]4[C@@H]3OC[C@H]4O[N+](=O)[O-])c2n1Cc1ccc(-c2ccccc2-c2nn[nH]n2)cc1.